The third-order valence-electron chi connectivity index (χ3n) is 9.01. The molecule has 8 rings (SSSR count). The van der Waals surface area contributed by atoms with E-state index in [1.54, 1.807) is 6.33 Å². The highest BCUT2D eigenvalue weighted by Gasteiger charge is 2.22. The Balaban J connectivity index is 1.25. The van der Waals surface area contributed by atoms with E-state index in [1.165, 1.54) is 33.4 Å². The summed E-state index contributed by atoms with van der Waals surface area (Å²) in [5.74, 6) is 2.82. The monoisotopic (exact) mass is 536 g/mol. The number of hydrogen-bond acceptors (Lipinski definition) is 4. The second kappa shape index (κ2) is 8.96. The molecule has 0 fully saturated rings. The molecule has 41 heavy (non-hydrogen) atoms. The van der Waals surface area contributed by atoms with Crippen molar-refractivity contribution in [3.05, 3.63) is 83.8 Å². The Bertz CT molecular complexity index is 2150. The maximum Gasteiger partial charge on any atom is 0.116 e. The second-order valence-electron chi connectivity index (χ2n) is 11.8. The first-order valence-electron chi connectivity index (χ1n) is 14.7. The van der Waals surface area contributed by atoms with Gasteiger partial charge in [0.15, 0.2) is 0 Å². The third-order valence-corrected chi connectivity index (χ3v) is 9.01. The number of nitrogens with one attached hydrogen (secondary N) is 2. The molecule has 7 aromatic rings. The zero-order chi connectivity index (χ0) is 27.8. The molecule has 0 radical (unpaired) electrons. The summed E-state index contributed by atoms with van der Waals surface area (Å²) in [6, 6.07) is 18.2. The number of aromatic nitrogens is 6. The van der Waals surface area contributed by atoms with Crippen LogP contribution in [0.1, 0.15) is 68.7 Å². The Morgan fingerprint density at radius 2 is 1.56 bits per heavy atom. The SMILES string of the molecule is CCC(C)c1nc2c3c(ccc2[nH]1)-c1ccc(-c2ccc4c(c2)c2cncnc2c2nc(C(C)C)[nH]c42)cc1CC3. The molecular formula is C35H32N6. The molecule has 0 bridgehead atoms. The van der Waals surface area contributed by atoms with Crippen LogP contribution in [0.2, 0.25) is 0 Å². The van der Waals surface area contributed by atoms with Gasteiger partial charge in [-0.15, -0.1) is 0 Å². The van der Waals surface area contributed by atoms with Crippen LogP contribution in [-0.2, 0) is 12.8 Å². The Kier molecular flexibility index (Phi) is 5.30. The molecule has 202 valence electrons. The van der Waals surface area contributed by atoms with Crippen LogP contribution in [0, 0.1) is 0 Å². The highest BCUT2D eigenvalue weighted by atomic mass is 14.9. The smallest absolute Gasteiger partial charge is 0.116 e. The fourth-order valence-electron chi connectivity index (χ4n) is 6.50. The van der Waals surface area contributed by atoms with E-state index in [0.29, 0.717) is 11.8 Å². The minimum atomic E-state index is 0.306. The number of fused-ring (bicyclic) bond motifs is 11. The number of benzene rings is 4. The highest BCUT2D eigenvalue weighted by Crippen LogP contribution is 2.40. The van der Waals surface area contributed by atoms with E-state index in [0.717, 1.165) is 74.7 Å². The van der Waals surface area contributed by atoms with Gasteiger partial charge in [0.1, 0.15) is 29.0 Å². The molecule has 2 N–H and O–H groups in total. The van der Waals surface area contributed by atoms with Crippen LogP contribution in [0.5, 0.6) is 0 Å². The maximum absolute atomic E-state index is 5.05. The number of nitrogens with zero attached hydrogens (tertiary/aromatic N) is 4. The van der Waals surface area contributed by atoms with Gasteiger partial charge in [-0.3, -0.25) is 0 Å². The van der Waals surface area contributed by atoms with E-state index < -0.39 is 0 Å². The van der Waals surface area contributed by atoms with Crippen molar-refractivity contribution in [2.24, 2.45) is 0 Å². The van der Waals surface area contributed by atoms with Gasteiger partial charge < -0.3 is 9.97 Å². The summed E-state index contributed by atoms with van der Waals surface area (Å²) in [6.07, 6.45) is 6.63. The fourth-order valence-corrected chi connectivity index (χ4v) is 6.50. The average molecular weight is 537 g/mol. The first-order valence-corrected chi connectivity index (χ1v) is 14.7. The van der Waals surface area contributed by atoms with Gasteiger partial charge in [0.2, 0.25) is 0 Å². The third kappa shape index (κ3) is 3.63. The lowest BCUT2D eigenvalue weighted by Crippen LogP contribution is -2.05. The quantitative estimate of drug-likeness (QED) is 0.221. The Labute approximate surface area is 238 Å². The summed E-state index contributed by atoms with van der Waals surface area (Å²) in [7, 11) is 0. The van der Waals surface area contributed by atoms with Crippen LogP contribution in [0.4, 0.5) is 0 Å². The van der Waals surface area contributed by atoms with Crippen LogP contribution in [0.25, 0.3) is 66.0 Å². The van der Waals surface area contributed by atoms with Crippen molar-refractivity contribution >= 4 is 43.7 Å². The summed E-state index contributed by atoms with van der Waals surface area (Å²) in [5, 5.41) is 3.33. The predicted octanol–water partition coefficient (Wildman–Crippen LogP) is 8.61. The zero-order valence-electron chi connectivity index (χ0n) is 23.8. The number of aromatic amines is 2. The molecule has 1 unspecified atom stereocenters. The standard InChI is InChI=1S/C35H32N6/c1-5-19(4)35-38-29-13-12-24-23-9-6-20(14-22(23)8-11-25(24)30(29)39-35)21-7-10-26-27(15-21)28-16-36-17-37-31(28)33-32(26)40-34(41-33)18(2)3/h6-7,9-10,12-19H,5,8,11H2,1-4H3,(H,38,39)(H,40,41). The number of hydrogen-bond donors (Lipinski definition) is 2. The first-order chi connectivity index (χ1) is 20.0. The van der Waals surface area contributed by atoms with Crippen molar-refractivity contribution in [3.8, 4) is 22.3 Å². The largest absolute Gasteiger partial charge is 0.342 e. The molecule has 1 atom stereocenters. The van der Waals surface area contributed by atoms with E-state index in [-0.39, 0.29) is 0 Å². The maximum atomic E-state index is 5.05. The van der Waals surface area contributed by atoms with Gasteiger partial charge in [-0.1, -0.05) is 64.1 Å². The molecule has 0 saturated heterocycles. The lowest BCUT2D eigenvalue weighted by molar-refractivity contribution is 0.692. The highest BCUT2D eigenvalue weighted by molar-refractivity contribution is 6.22. The molecule has 4 aromatic carbocycles. The van der Waals surface area contributed by atoms with Gasteiger partial charge in [-0.05, 0) is 70.2 Å². The summed E-state index contributed by atoms with van der Waals surface area (Å²) < 4.78 is 0. The summed E-state index contributed by atoms with van der Waals surface area (Å²) >= 11 is 0. The summed E-state index contributed by atoms with van der Waals surface area (Å²) in [4.78, 5) is 26.1. The second-order valence-corrected chi connectivity index (χ2v) is 11.8. The van der Waals surface area contributed by atoms with E-state index >= 15 is 0 Å². The normalized spacial score (nSPS) is 13.9. The summed E-state index contributed by atoms with van der Waals surface area (Å²) in [5.41, 5.74) is 13.0. The van der Waals surface area contributed by atoms with Crippen molar-refractivity contribution in [1.82, 2.24) is 29.9 Å². The van der Waals surface area contributed by atoms with Crippen LogP contribution >= 0.6 is 0 Å². The number of aryl methyl sites for hydroxylation is 2. The minimum absolute atomic E-state index is 0.306. The van der Waals surface area contributed by atoms with E-state index in [4.69, 9.17) is 9.97 Å². The molecule has 0 saturated carbocycles. The molecule has 3 heterocycles. The van der Waals surface area contributed by atoms with Crippen LogP contribution in [0.15, 0.2) is 61.1 Å². The Morgan fingerprint density at radius 3 is 2.41 bits per heavy atom. The number of imidazole rings is 2. The molecule has 6 nitrogen and oxygen atoms in total. The zero-order valence-corrected chi connectivity index (χ0v) is 23.8. The Hall–Kier alpha value is -4.58. The molecule has 1 aliphatic rings. The lowest BCUT2D eigenvalue weighted by atomic mass is 9.83. The van der Waals surface area contributed by atoms with Gasteiger partial charge in [0, 0.05) is 28.8 Å². The predicted molar refractivity (Wildman–Crippen MR) is 167 cm³/mol. The van der Waals surface area contributed by atoms with E-state index in [9.17, 15) is 0 Å². The van der Waals surface area contributed by atoms with Crippen molar-refractivity contribution in [1.29, 1.82) is 0 Å². The number of rotatable bonds is 4. The minimum Gasteiger partial charge on any atom is -0.342 e. The van der Waals surface area contributed by atoms with E-state index in [2.05, 4.69) is 96.2 Å². The van der Waals surface area contributed by atoms with Gasteiger partial charge in [-0.2, -0.15) is 0 Å². The topological polar surface area (TPSA) is 83.1 Å². The fraction of sp³-hybridized carbons (Fsp3) is 0.257. The summed E-state index contributed by atoms with van der Waals surface area (Å²) in [6.45, 7) is 8.77. The van der Waals surface area contributed by atoms with E-state index in [1.807, 2.05) is 6.20 Å². The van der Waals surface area contributed by atoms with Crippen molar-refractivity contribution in [2.45, 2.75) is 58.8 Å². The Morgan fingerprint density at radius 1 is 0.756 bits per heavy atom. The lowest BCUT2D eigenvalue weighted by Gasteiger charge is -2.21. The first kappa shape index (κ1) is 24.2. The molecule has 6 heteroatoms. The molecule has 3 aromatic heterocycles. The van der Waals surface area contributed by atoms with Crippen molar-refractivity contribution in [2.75, 3.05) is 0 Å². The van der Waals surface area contributed by atoms with Crippen LogP contribution in [0.3, 0.4) is 0 Å². The van der Waals surface area contributed by atoms with Gasteiger partial charge >= 0.3 is 0 Å². The van der Waals surface area contributed by atoms with Crippen molar-refractivity contribution < 1.29 is 0 Å². The molecule has 1 aliphatic carbocycles. The van der Waals surface area contributed by atoms with Gasteiger partial charge in [0.05, 0.1) is 16.6 Å². The molecule has 0 amide bonds. The van der Waals surface area contributed by atoms with Gasteiger partial charge in [0.25, 0.3) is 0 Å². The van der Waals surface area contributed by atoms with Gasteiger partial charge in [-0.25, -0.2) is 19.9 Å². The van der Waals surface area contributed by atoms with Crippen LogP contribution in [-0.4, -0.2) is 29.9 Å². The van der Waals surface area contributed by atoms with Crippen molar-refractivity contribution in [3.63, 3.8) is 0 Å². The number of H-pyrrole nitrogens is 2. The molecule has 0 spiro atoms. The average Bonchev–Trinajstić information content (AvgIpc) is 3.66. The molecule has 0 aliphatic heterocycles. The molecular weight excluding hydrogens is 504 g/mol. The van der Waals surface area contributed by atoms with Crippen LogP contribution < -0.4 is 0 Å².